The van der Waals surface area contributed by atoms with Crippen LogP contribution in [0.4, 0.5) is 0 Å². The normalized spacial score (nSPS) is 9.54. The van der Waals surface area contributed by atoms with Crippen molar-refractivity contribution < 1.29 is 4.79 Å². The van der Waals surface area contributed by atoms with E-state index in [0.717, 1.165) is 0 Å². The quantitative estimate of drug-likeness (QED) is 0.402. The van der Waals surface area contributed by atoms with E-state index in [0.29, 0.717) is 18.7 Å². The van der Waals surface area contributed by atoms with Crippen LogP contribution in [0.25, 0.3) is 0 Å². The van der Waals surface area contributed by atoms with Crippen LogP contribution in [0, 0.1) is 0 Å². The van der Waals surface area contributed by atoms with Crippen molar-refractivity contribution in [3.05, 3.63) is 36.9 Å². The zero-order chi connectivity index (χ0) is 9.52. The van der Waals surface area contributed by atoms with Gasteiger partial charge in [-0.15, -0.1) is 6.58 Å². The van der Waals surface area contributed by atoms with E-state index in [-0.39, 0.29) is 5.78 Å². The van der Waals surface area contributed by atoms with Gasteiger partial charge in [0, 0.05) is 18.9 Å². The lowest BCUT2D eigenvalue weighted by Gasteiger charge is -1.99. The summed E-state index contributed by atoms with van der Waals surface area (Å²) in [6, 6.07) is 0. The molecule has 0 atom stereocenters. The molecule has 1 aromatic heterocycles. The van der Waals surface area contributed by atoms with Gasteiger partial charge in [0.25, 0.3) is 0 Å². The Hall–Kier alpha value is -1.55. The van der Waals surface area contributed by atoms with Gasteiger partial charge in [0.2, 0.25) is 0 Å². The molecule has 68 valence electrons. The molecule has 0 saturated carbocycles. The van der Waals surface area contributed by atoms with Gasteiger partial charge in [-0.2, -0.15) is 0 Å². The van der Waals surface area contributed by atoms with Crippen LogP contribution < -0.4 is 5.32 Å². The molecule has 0 bridgehead atoms. The number of carbonyl (C=O) groups excluding carboxylic acids is 1. The van der Waals surface area contributed by atoms with Crippen molar-refractivity contribution in [1.82, 2.24) is 15.3 Å². The molecular formula is C9H11N3O. The van der Waals surface area contributed by atoms with Crippen LogP contribution in [0.15, 0.2) is 31.4 Å². The number of nitrogens with one attached hydrogen (secondary N) is 1. The predicted octanol–water partition coefficient (Wildman–Crippen LogP) is 0.435. The third kappa shape index (κ3) is 3.13. The summed E-state index contributed by atoms with van der Waals surface area (Å²) in [4.78, 5) is 18.9. The van der Waals surface area contributed by atoms with Crippen LogP contribution in [0.5, 0.6) is 0 Å². The summed E-state index contributed by atoms with van der Waals surface area (Å²) in [5.74, 6) is -0.0116. The third-order valence-corrected chi connectivity index (χ3v) is 1.46. The number of aromatic nitrogens is 2. The molecule has 0 unspecified atom stereocenters. The smallest absolute Gasteiger partial charge is 0.179 e. The first-order chi connectivity index (χ1) is 6.34. The minimum atomic E-state index is -0.0116. The van der Waals surface area contributed by atoms with Crippen molar-refractivity contribution in [2.45, 2.75) is 0 Å². The summed E-state index contributed by atoms with van der Waals surface area (Å²) in [5, 5.41) is 2.91. The Balaban J connectivity index is 2.45. The molecule has 0 fully saturated rings. The zero-order valence-corrected chi connectivity index (χ0v) is 7.23. The van der Waals surface area contributed by atoms with Crippen molar-refractivity contribution >= 4 is 5.78 Å². The monoisotopic (exact) mass is 177 g/mol. The molecule has 0 saturated heterocycles. The van der Waals surface area contributed by atoms with E-state index >= 15 is 0 Å². The molecule has 1 aromatic rings. The zero-order valence-electron chi connectivity index (χ0n) is 7.23. The summed E-state index contributed by atoms with van der Waals surface area (Å²) in [5.41, 5.74) is 0.527. The van der Waals surface area contributed by atoms with E-state index in [1.54, 1.807) is 6.08 Å². The van der Waals surface area contributed by atoms with Gasteiger partial charge < -0.3 is 5.32 Å². The molecule has 0 aromatic carbocycles. The van der Waals surface area contributed by atoms with Crippen LogP contribution in [-0.2, 0) is 0 Å². The van der Waals surface area contributed by atoms with Crippen molar-refractivity contribution in [3.63, 3.8) is 0 Å². The molecule has 0 aliphatic carbocycles. The van der Waals surface area contributed by atoms with Crippen LogP contribution in [0.1, 0.15) is 10.4 Å². The molecule has 0 amide bonds. The molecule has 13 heavy (non-hydrogen) atoms. The average Bonchev–Trinajstić information content (AvgIpc) is 2.19. The Bertz CT molecular complexity index is 284. The highest BCUT2D eigenvalue weighted by Gasteiger charge is 2.03. The van der Waals surface area contributed by atoms with Gasteiger partial charge in [-0.25, -0.2) is 9.97 Å². The van der Waals surface area contributed by atoms with E-state index in [2.05, 4.69) is 21.9 Å². The van der Waals surface area contributed by atoms with Crippen molar-refractivity contribution in [1.29, 1.82) is 0 Å². The topological polar surface area (TPSA) is 54.9 Å². The van der Waals surface area contributed by atoms with Crippen LogP contribution in [-0.4, -0.2) is 28.8 Å². The highest BCUT2D eigenvalue weighted by molar-refractivity contribution is 5.96. The van der Waals surface area contributed by atoms with E-state index in [1.165, 1.54) is 18.7 Å². The Morgan fingerprint density at radius 1 is 1.54 bits per heavy atom. The molecular weight excluding hydrogens is 166 g/mol. The number of ketones is 1. The molecule has 1 rings (SSSR count). The second-order valence-corrected chi connectivity index (χ2v) is 2.47. The maximum atomic E-state index is 11.3. The van der Waals surface area contributed by atoms with E-state index < -0.39 is 0 Å². The second kappa shape index (κ2) is 5.16. The Morgan fingerprint density at radius 3 is 2.85 bits per heavy atom. The number of hydrogen-bond acceptors (Lipinski definition) is 4. The SMILES string of the molecule is C=CCNCC(=O)c1cncnc1. The highest BCUT2D eigenvalue weighted by atomic mass is 16.1. The predicted molar refractivity (Wildman–Crippen MR) is 49.4 cm³/mol. The van der Waals surface area contributed by atoms with E-state index in [1.807, 2.05) is 0 Å². The number of rotatable bonds is 5. The molecule has 1 N–H and O–H groups in total. The lowest BCUT2D eigenvalue weighted by molar-refractivity contribution is 0.0991. The minimum Gasteiger partial charge on any atom is -0.306 e. The summed E-state index contributed by atoms with van der Waals surface area (Å²) in [6.45, 7) is 4.45. The number of Topliss-reactive ketones (excluding diaryl/α,β-unsaturated/α-hetero) is 1. The van der Waals surface area contributed by atoms with Gasteiger partial charge in [0.05, 0.1) is 12.1 Å². The fraction of sp³-hybridized carbons (Fsp3) is 0.222. The Kier molecular flexibility index (Phi) is 3.78. The van der Waals surface area contributed by atoms with Crippen LogP contribution >= 0.6 is 0 Å². The van der Waals surface area contributed by atoms with Crippen LogP contribution in [0.2, 0.25) is 0 Å². The molecule has 0 aliphatic rings. The summed E-state index contributed by atoms with van der Waals surface area (Å²) >= 11 is 0. The van der Waals surface area contributed by atoms with Gasteiger partial charge in [-0.3, -0.25) is 4.79 Å². The fourth-order valence-electron chi connectivity index (χ4n) is 0.833. The van der Waals surface area contributed by atoms with Gasteiger partial charge in [-0.05, 0) is 0 Å². The van der Waals surface area contributed by atoms with Gasteiger partial charge in [0.15, 0.2) is 5.78 Å². The highest BCUT2D eigenvalue weighted by Crippen LogP contribution is 1.93. The standard InChI is InChI=1S/C9H11N3O/c1-2-3-10-6-9(13)8-4-11-7-12-5-8/h2,4-5,7,10H,1,3,6H2. The van der Waals surface area contributed by atoms with Crippen molar-refractivity contribution in [3.8, 4) is 0 Å². The van der Waals surface area contributed by atoms with Crippen molar-refractivity contribution in [2.24, 2.45) is 0 Å². The maximum Gasteiger partial charge on any atom is 0.179 e. The summed E-state index contributed by atoms with van der Waals surface area (Å²) < 4.78 is 0. The molecule has 4 heteroatoms. The lowest BCUT2D eigenvalue weighted by Crippen LogP contribution is -2.23. The summed E-state index contributed by atoms with van der Waals surface area (Å²) in [6.07, 6.45) is 6.11. The summed E-state index contributed by atoms with van der Waals surface area (Å²) in [7, 11) is 0. The lowest BCUT2D eigenvalue weighted by atomic mass is 10.2. The number of carbonyl (C=O) groups is 1. The van der Waals surface area contributed by atoms with Gasteiger partial charge in [0.1, 0.15) is 6.33 Å². The van der Waals surface area contributed by atoms with E-state index in [4.69, 9.17) is 0 Å². The number of nitrogens with zero attached hydrogens (tertiary/aromatic N) is 2. The Morgan fingerprint density at radius 2 is 2.23 bits per heavy atom. The first kappa shape index (κ1) is 9.54. The van der Waals surface area contributed by atoms with Gasteiger partial charge >= 0.3 is 0 Å². The first-order valence-electron chi connectivity index (χ1n) is 3.94. The third-order valence-electron chi connectivity index (χ3n) is 1.46. The maximum absolute atomic E-state index is 11.3. The fourth-order valence-corrected chi connectivity index (χ4v) is 0.833. The van der Waals surface area contributed by atoms with Crippen LogP contribution in [0.3, 0.4) is 0 Å². The van der Waals surface area contributed by atoms with E-state index in [9.17, 15) is 4.79 Å². The second-order valence-electron chi connectivity index (χ2n) is 2.47. The van der Waals surface area contributed by atoms with Crippen molar-refractivity contribution in [2.75, 3.05) is 13.1 Å². The molecule has 4 nitrogen and oxygen atoms in total. The first-order valence-corrected chi connectivity index (χ1v) is 3.94. The van der Waals surface area contributed by atoms with Gasteiger partial charge in [-0.1, -0.05) is 6.08 Å². The molecule has 0 radical (unpaired) electrons. The molecule has 0 spiro atoms. The molecule has 0 aliphatic heterocycles. The minimum absolute atomic E-state index is 0.0116. The average molecular weight is 177 g/mol. The largest absolute Gasteiger partial charge is 0.306 e. The molecule has 1 heterocycles. The number of hydrogen-bond donors (Lipinski definition) is 1. The Labute approximate surface area is 76.7 Å².